The lowest BCUT2D eigenvalue weighted by molar-refractivity contribution is 0.0947. The van der Waals surface area contributed by atoms with Crippen molar-refractivity contribution in [2.75, 3.05) is 19.7 Å². The number of pyridine rings is 1. The Hall–Kier alpha value is -3.31. The molecule has 164 valence electrons. The Kier molecular flexibility index (Phi) is 7.07. The van der Waals surface area contributed by atoms with Gasteiger partial charge < -0.3 is 15.0 Å². The second-order valence-corrected chi connectivity index (χ2v) is 8.91. The second-order valence-electron chi connectivity index (χ2n) is 7.68. The van der Waals surface area contributed by atoms with Crippen LogP contribution < -0.4 is 5.32 Å². The number of benzene rings is 1. The molecule has 1 aromatic carbocycles. The summed E-state index contributed by atoms with van der Waals surface area (Å²) in [5.74, 6) is -0.588. The quantitative estimate of drug-likeness (QED) is 0.676. The summed E-state index contributed by atoms with van der Waals surface area (Å²) in [7, 11) is 0. The summed E-state index contributed by atoms with van der Waals surface area (Å²) in [6, 6.07) is 15.2. The zero-order valence-corrected chi connectivity index (χ0v) is 18.4. The van der Waals surface area contributed by atoms with E-state index in [1.165, 1.54) is 11.8 Å². The van der Waals surface area contributed by atoms with Gasteiger partial charge in [-0.15, -0.1) is 11.8 Å². The molecule has 0 radical (unpaired) electrons. The van der Waals surface area contributed by atoms with Crippen LogP contribution >= 0.6 is 11.8 Å². The predicted octanol–water partition coefficient (Wildman–Crippen LogP) is 3.75. The Morgan fingerprint density at radius 2 is 2.00 bits per heavy atom. The molecular formula is C24H24N4O3S. The van der Waals surface area contributed by atoms with Crippen LogP contribution in [0.2, 0.25) is 0 Å². The number of carbonyl (C=O) groups excluding carboxylic acids is 2. The standard InChI is InChI=1S/C24H24N4O3S/c25-15-20-19-10-13-28(24(30)31-14-4-5-17-8-11-26-12-9-17)16-21(19)32-23(20)27-22(29)18-6-2-1-3-7-18/h1-3,6-9,11-12,20,23H,4-5,10,13-14,16H2,(H,27,29). The topological polar surface area (TPSA) is 95.3 Å². The number of thioether (sulfide) groups is 1. The van der Waals surface area contributed by atoms with Crippen molar-refractivity contribution >= 4 is 23.8 Å². The van der Waals surface area contributed by atoms with Gasteiger partial charge in [0.2, 0.25) is 0 Å². The van der Waals surface area contributed by atoms with Crippen molar-refractivity contribution in [1.82, 2.24) is 15.2 Å². The van der Waals surface area contributed by atoms with E-state index in [9.17, 15) is 14.9 Å². The molecule has 0 aliphatic carbocycles. The Morgan fingerprint density at radius 3 is 2.75 bits per heavy atom. The van der Waals surface area contributed by atoms with E-state index in [1.807, 2.05) is 30.3 Å². The highest BCUT2D eigenvalue weighted by Crippen LogP contribution is 2.44. The third kappa shape index (κ3) is 5.11. The minimum atomic E-state index is -0.388. The van der Waals surface area contributed by atoms with Crippen molar-refractivity contribution in [3.05, 3.63) is 76.5 Å². The minimum absolute atomic E-state index is 0.200. The molecule has 1 aromatic heterocycles. The molecule has 0 spiro atoms. The smallest absolute Gasteiger partial charge is 0.410 e. The largest absolute Gasteiger partial charge is 0.449 e. The average molecular weight is 449 g/mol. The van der Waals surface area contributed by atoms with E-state index in [0.717, 1.165) is 28.9 Å². The Balaban J connectivity index is 1.28. The van der Waals surface area contributed by atoms with Crippen molar-refractivity contribution in [2.45, 2.75) is 24.6 Å². The van der Waals surface area contributed by atoms with Crippen LogP contribution in [0.3, 0.4) is 0 Å². The lowest BCUT2D eigenvalue weighted by atomic mass is 9.94. The summed E-state index contributed by atoms with van der Waals surface area (Å²) in [4.78, 5) is 31.7. The lowest BCUT2D eigenvalue weighted by Crippen LogP contribution is -2.37. The van der Waals surface area contributed by atoms with Crippen LogP contribution in [-0.2, 0) is 11.2 Å². The first kappa shape index (κ1) is 21.9. The fourth-order valence-electron chi connectivity index (χ4n) is 3.89. The number of carbonyl (C=O) groups is 2. The maximum absolute atomic E-state index is 12.5. The van der Waals surface area contributed by atoms with Gasteiger partial charge in [0.05, 0.1) is 30.5 Å². The van der Waals surface area contributed by atoms with Crippen molar-refractivity contribution < 1.29 is 14.3 Å². The molecule has 0 saturated heterocycles. The molecule has 0 saturated carbocycles. The fourth-order valence-corrected chi connectivity index (χ4v) is 5.33. The van der Waals surface area contributed by atoms with Gasteiger partial charge in [0, 0.05) is 29.4 Å². The number of amides is 2. The van der Waals surface area contributed by atoms with Gasteiger partial charge in [0.25, 0.3) is 5.91 Å². The number of aryl methyl sites for hydroxylation is 1. The van der Waals surface area contributed by atoms with E-state index >= 15 is 0 Å². The van der Waals surface area contributed by atoms with E-state index in [-0.39, 0.29) is 23.3 Å². The van der Waals surface area contributed by atoms with Crippen LogP contribution in [0.25, 0.3) is 0 Å². The van der Waals surface area contributed by atoms with Crippen LogP contribution in [0.4, 0.5) is 4.79 Å². The molecular weight excluding hydrogens is 424 g/mol. The average Bonchev–Trinajstić information content (AvgIpc) is 3.18. The molecule has 2 aliphatic rings. The van der Waals surface area contributed by atoms with Gasteiger partial charge in [-0.1, -0.05) is 18.2 Å². The monoisotopic (exact) mass is 448 g/mol. The molecule has 2 unspecified atom stereocenters. The van der Waals surface area contributed by atoms with Gasteiger partial charge in [-0.25, -0.2) is 4.79 Å². The lowest BCUT2D eigenvalue weighted by Gasteiger charge is -2.27. The van der Waals surface area contributed by atoms with Crippen molar-refractivity contribution in [2.24, 2.45) is 5.92 Å². The molecule has 8 heteroatoms. The third-order valence-corrected chi connectivity index (χ3v) is 6.90. The maximum Gasteiger partial charge on any atom is 0.410 e. The number of rotatable bonds is 6. The van der Waals surface area contributed by atoms with Gasteiger partial charge in [0.1, 0.15) is 0 Å². The van der Waals surface area contributed by atoms with Gasteiger partial charge in [0.15, 0.2) is 0 Å². The molecule has 2 amide bonds. The number of hydrogen-bond acceptors (Lipinski definition) is 6. The number of aromatic nitrogens is 1. The molecule has 2 aromatic rings. The summed E-state index contributed by atoms with van der Waals surface area (Å²) in [5.41, 5.74) is 2.75. The molecule has 1 N–H and O–H groups in total. The summed E-state index contributed by atoms with van der Waals surface area (Å²) >= 11 is 1.47. The van der Waals surface area contributed by atoms with E-state index in [2.05, 4.69) is 16.4 Å². The molecule has 32 heavy (non-hydrogen) atoms. The highest BCUT2D eigenvalue weighted by molar-refractivity contribution is 8.04. The van der Waals surface area contributed by atoms with E-state index in [0.29, 0.717) is 31.7 Å². The van der Waals surface area contributed by atoms with E-state index in [1.54, 1.807) is 29.4 Å². The number of hydrogen-bond donors (Lipinski definition) is 1. The summed E-state index contributed by atoms with van der Waals surface area (Å²) < 4.78 is 5.46. The molecule has 0 bridgehead atoms. The normalized spacial score (nSPS) is 19.8. The first-order chi connectivity index (χ1) is 15.7. The SMILES string of the molecule is N#CC1C2=C(CN(C(=O)OCCCc3ccncc3)CC2)SC1NC(=O)c1ccccc1. The molecule has 2 atom stereocenters. The Morgan fingerprint density at radius 1 is 1.22 bits per heavy atom. The first-order valence-electron chi connectivity index (χ1n) is 10.6. The molecule has 2 aliphatic heterocycles. The maximum atomic E-state index is 12.5. The number of nitrogens with zero attached hydrogens (tertiary/aromatic N) is 3. The molecule has 4 rings (SSSR count). The van der Waals surface area contributed by atoms with E-state index < -0.39 is 0 Å². The van der Waals surface area contributed by atoms with E-state index in [4.69, 9.17) is 4.74 Å². The fraction of sp³-hybridized carbons (Fsp3) is 0.333. The number of ether oxygens (including phenoxy) is 1. The van der Waals surface area contributed by atoms with Crippen molar-refractivity contribution in [1.29, 1.82) is 5.26 Å². The van der Waals surface area contributed by atoms with Crippen LogP contribution in [0.15, 0.2) is 65.3 Å². The molecule has 3 heterocycles. The first-order valence-corrected chi connectivity index (χ1v) is 11.5. The van der Waals surface area contributed by atoms with Gasteiger partial charge in [-0.05, 0) is 54.7 Å². The Labute approximate surface area is 191 Å². The summed E-state index contributed by atoms with van der Waals surface area (Å²) in [5, 5.41) is 12.3. The van der Waals surface area contributed by atoms with Crippen molar-refractivity contribution in [3.8, 4) is 6.07 Å². The van der Waals surface area contributed by atoms with Gasteiger partial charge >= 0.3 is 6.09 Å². The van der Waals surface area contributed by atoms with Gasteiger partial charge in [-0.2, -0.15) is 5.26 Å². The zero-order chi connectivity index (χ0) is 22.3. The second kappa shape index (κ2) is 10.3. The van der Waals surface area contributed by atoms with Gasteiger partial charge in [-0.3, -0.25) is 9.78 Å². The summed E-state index contributed by atoms with van der Waals surface area (Å²) in [6.07, 6.45) is 5.36. The van der Waals surface area contributed by atoms with Crippen LogP contribution in [-0.4, -0.2) is 47.0 Å². The Bertz CT molecular complexity index is 1040. The van der Waals surface area contributed by atoms with Crippen LogP contribution in [0, 0.1) is 17.2 Å². The van der Waals surface area contributed by atoms with Crippen LogP contribution in [0.1, 0.15) is 28.8 Å². The highest BCUT2D eigenvalue weighted by atomic mass is 32.2. The zero-order valence-electron chi connectivity index (χ0n) is 17.6. The predicted molar refractivity (Wildman–Crippen MR) is 122 cm³/mol. The van der Waals surface area contributed by atoms with Crippen molar-refractivity contribution in [3.63, 3.8) is 0 Å². The highest BCUT2D eigenvalue weighted by Gasteiger charge is 2.40. The number of nitrogens with one attached hydrogen (secondary N) is 1. The summed E-state index contributed by atoms with van der Waals surface area (Å²) in [6.45, 7) is 1.28. The van der Waals surface area contributed by atoms with Crippen LogP contribution in [0.5, 0.6) is 0 Å². The number of nitriles is 1. The molecule has 0 fully saturated rings. The molecule has 7 nitrogen and oxygen atoms in total. The third-order valence-electron chi connectivity index (χ3n) is 5.58. The minimum Gasteiger partial charge on any atom is -0.449 e.